The van der Waals surface area contributed by atoms with Crippen LogP contribution in [0, 0.1) is 11.8 Å². The number of aliphatic hydroxyl groups excluding tert-OH is 1. The van der Waals surface area contributed by atoms with E-state index >= 15 is 0 Å². The molecule has 1 saturated heterocycles. The third kappa shape index (κ3) is 1.99. The van der Waals surface area contributed by atoms with Crippen molar-refractivity contribution in [2.45, 2.75) is 38.2 Å². The van der Waals surface area contributed by atoms with Gasteiger partial charge in [-0.15, -0.1) is 0 Å². The minimum absolute atomic E-state index is 0.0184. The molecule has 2 unspecified atom stereocenters. The Labute approximate surface area is 74.4 Å². The Morgan fingerprint density at radius 1 is 1.00 bits per heavy atom. The zero-order valence-corrected chi connectivity index (χ0v) is 7.63. The van der Waals surface area contributed by atoms with Crippen molar-refractivity contribution in [2.24, 2.45) is 11.8 Å². The van der Waals surface area contributed by atoms with Crippen molar-refractivity contribution in [3.63, 3.8) is 0 Å². The maximum Gasteiger partial charge on any atom is 0.0597 e. The van der Waals surface area contributed by atoms with Gasteiger partial charge in [-0.1, -0.05) is 0 Å². The van der Waals surface area contributed by atoms with Crippen LogP contribution in [0.15, 0.2) is 0 Å². The summed E-state index contributed by atoms with van der Waals surface area (Å²) in [5, 5.41) is 13.3. The SMILES string of the molecule is OC(C1CCCNCC1)C1CC1. The smallest absolute Gasteiger partial charge is 0.0597 e. The molecule has 12 heavy (non-hydrogen) atoms. The molecule has 2 fully saturated rings. The topological polar surface area (TPSA) is 32.3 Å². The lowest BCUT2D eigenvalue weighted by molar-refractivity contribution is 0.0798. The highest BCUT2D eigenvalue weighted by molar-refractivity contribution is 4.86. The van der Waals surface area contributed by atoms with E-state index in [4.69, 9.17) is 0 Å². The van der Waals surface area contributed by atoms with Gasteiger partial charge in [-0.2, -0.15) is 0 Å². The van der Waals surface area contributed by atoms with Gasteiger partial charge < -0.3 is 10.4 Å². The fraction of sp³-hybridized carbons (Fsp3) is 1.00. The Morgan fingerprint density at radius 2 is 1.75 bits per heavy atom. The lowest BCUT2D eigenvalue weighted by Gasteiger charge is -2.20. The molecule has 0 radical (unpaired) electrons. The number of hydrogen-bond acceptors (Lipinski definition) is 2. The Kier molecular flexibility index (Phi) is 2.66. The summed E-state index contributed by atoms with van der Waals surface area (Å²) in [5.74, 6) is 1.25. The van der Waals surface area contributed by atoms with E-state index in [1.807, 2.05) is 0 Å². The number of aliphatic hydroxyl groups is 1. The first-order valence-electron chi connectivity index (χ1n) is 5.26. The molecule has 0 aromatic heterocycles. The Bertz CT molecular complexity index is 137. The zero-order chi connectivity index (χ0) is 8.39. The van der Waals surface area contributed by atoms with Gasteiger partial charge in [-0.05, 0) is 57.0 Å². The van der Waals surface area contributed by atoms with Gasteiger partial charge in [0.25, 0.3) is 0 Å². The van der Waals surface area contributed by atoms with Gasteiger partial charge >= 0.3 is 0 Å². The van der Waals surface area contributed by atoms with E-state index < -0.39 is 0 Å². The van der Waals surface area contributed by atoms with Crippen LogP contribution in [0.3, 0.4) is 0 Å². The molecule has 2 heteroatoms. The Balaban J connectivity index is 1.82. The van der Waals surface area contributed by atoms with Crippen LogP contribution in [0.25, 0.3) is 0 Å². The van der Waals surface area contributed by atoms with Crippen molar-refractivity contribution in [1.29, 1.82) is 0 Å². The van der Waals surface area contributed by atoms with Gasteiger partial charge in [0.05, 0.1) is 6.10 Å². The second-order valence-electron chi connectivity index (χ2n) is 4.27. The molecule has 1 aliphatic heterocycles. The van der Waals surface area contributed by atoms with Crippen LogP contribution < -0.4 is 5.32 Å². The average Bonchev–Trinajstić information content (AvgIpc) is 2.92. The molecule has 2 nitrogen and oxygen atoms in total. The molecule has 2 aliphatic rings. The van der Waals surface area contributed by atoms with Crippen molar-refractivity contribution in [3.8, 4) is 0 Å². The standard InChI is InChI=1S/C10H19NO/c12-10(9-3-4-9)8-2-1-6-11-7-5-8/h8-12H,1-7H2. The van der Waals surface area contributed by atoms with Crippen molar-refractivity contribution in [3.05, 3.63) is 0 Å². The Hall–Kier alpha value is -0.0800. The quantitative estimate of drug-likeness (QED) is 0.650. The summed E-state index contributed by atoms with van der Waals surface area (Å²) in [6.45, 7) is 2.25. The summed E-state index contributed by atoms with van der Waals surface area (Å²) >= 11 is 0. The van der Waals surface area contributed by atoms with Gasteiger partial charge in [-0.25, -0.2) is 0 Å². The van der Waals surface area contributed by atoms with Crippen LogP contribution in [-0.2, 0) is 0 Å². The molecule has 2 rings (SSSR count). The van der Waals surface area contributed by atoms with Crippen LogP contribution in [0.4, 0.5) is 0 Å². The molecule has 2 N–H and O–H groups in total. The molecule has 0 aromatic carbocycles. The molecule has 0 aromatic rings. The molecule has 0 amide bonds. The minimum atomic E-state index is 0.0184. The summed E-state index contributed by atoms with van der Waals surface area (Å²) in [6.07, 6.45) is 6.21. The highest BCUT2D eigenvalue weighted by atomic mass is 16.3. The van der Waals surface area contributed by atoms with E-state index in [9.17, 15) is 5.11 Å². The van der Waals surface area contributed by atoms with Crippen LogP contribution in [-0.4, -0.2) is 24.3 Å². The van der Waals surface area contributed by atoms with E-state index in [0.29, 0.717) is 11.8 Å². The molecule has 1 saturated carbocycles. The normalized spacial score (nSPS) is 34.2. The lowest BCUT2D eigenvalue weighted by atomic mass is 9.91. The first kappa shape index (κ1) is 8.52. The summed E-state index contributed by atoms with van der Waals surface area (Å²) < 4.78 is 0. The molecule has 0 spiro atoms. The summed E-state index contributed by atoms with van der Waals surface area (Å²) in [4.78, 5) is 0. The third-order valence-electron chi connectivity index (χ3n) is 3.21. The van der Waals surface area contributed by atoms with Crippen molar-refractivity contribution < 1.29 is 5.11 Å². The van der Waals surface area contributed by atoms with Crippen LogP contribution in [0.5, 0.6) is 0 Å². The summed E-state index contributed by atoms with van der Waals surface area (Å²) in [5.41, 5.74) is 0. The lowest BCUT2D eigenvalue weighted by Crippen LogP contribution is -2.23. The fourth-order valence-corrected chi connectivity index (χ4v) is 2.21. The molecule has 0 bridgehead atoms. The molecule has 1 aliphatic carbocycles. The number of nitrogens with one attached hydrogen (secondary N) is 1. The average molecular weight is 169 g/mol. The van der Waals surface area contributed by atoms with Gasteiger partial charge in [-0.3, -0.25) is 0 Å². The summed E-state index contributed by atoms with van der Waals surface area (Å²) in [7, 11) is 0. The second kappa shape index (κ2) is 3.75. The number of hydrogen-bond donors (Lipinski definition) is 2. The minimum Gasteiger partial charge on any atom is -0.393 e. The van der Waals surface area contributed by atoms with Gasteiger partial charge in [0.15, 0.2) is 0 Å². The predicted molar refractivity (Wildman–Crippen MR) is 48.9 cm³/mol. The van der Waals surface area contributed by atoms with Gasteiger partial charge in [0.2, 0.25) is 0 Å². The second-order valence-corrected chi connectivity index (χ2v) is 4.27. The third-order valence-corrected chi connectivity index (χ3v) is 3.21. The van der Waals surface area contributed by atoms with E-state index in [-0.39, 0.29) is 6.10 Å². The molecule has 1 heterocycles. The van der Waals surface area contributed by atoms with Gasteiger partial charge in [0, 0.05) is 0 Å². The van der Waals surface area contributed by atoms with Crippen LogP contribution in [0.2, 0.25) is 0 Å². The molecular formula is C10H19NO. The first-order chi connectivity index (χ1) is 5.88. The van der Waals surface area contributed by atoms with Gasteiger partial charge in [0.1, 0.15) is 0 Å². The maximum absolute atomic E-state index is 9.91. The van der Waals surface area contributed by atoms with Crippen molar-refractivity contribution in [2.75, 3.05) is 13.1 Å². The van der Waals surface area contributed by atoms with E-state index in [0.717, 1.165) is 13.1 Å². The highest BCUT2D eigenvalue weighted by Crippen LogP contribution is 2.38. The molecule has 2 atom stereocenters. The molecule has 70 valence electrons. The number of rotatable bonds is 2. The summed E-state index contributed by atoms with van der Waals surface area (Å²) in [6, 6.07) is 0. The monoisotopic (exact) mass is 169 g/mol. The Morgan fingerprint density at radius 3 is 2.50 bits per heavy atom. The van der Waals surface area contributed by atoms with E-state index in [2.05, 4.69) is 5.32 Å². The fourth-order valence-electron chi connectivity index (χ4n) is 2.21. The van der Waals surface area contributed by atoms with Crippen molar-refractivity contribution >= 4 is 0 Å². The van der Waals surface area contributed by atoms with Crippen LogP contribution in [0.1, 0.15) is 32.1 Å². The van der Waals surface area contributed by atoms with E-state index in [1.165, 1.54) is 32.1 Å². The first-order valence-corrected chi connectivity index (χ1v) is 5.26. The highest BCUT2D eigenvalue weighted by Gasteiger charge is 2.34. The van der Waals surface area contributed by atoms with E-state index in [1.54, 1.807) is 0 Å². The van der Waals surface area contributed by atoms with Crippen LogP contribution >= 0.6 is 0 Å². The molecular weight excluding hydrogens is 150 g/mol. The predicted octanol–water partition coefficient (Wildman–Crippen LogP) is 1.15. The van der Waals surface area contributed by atoms with Crippen molar-refractivity contribution in [1.82, 2.24) is 5.32 Å². The maximum atomic E-state index is 9.91. The largest absolute Gasteiger partial charge is 0.393 e. The zero-order valence-electron chi connectivity index (χ0n) is 7.63.